The topological polar surface area (TPSA) is 98.3 Å². The standard InChI is InChI=1S/C10H6ClN3O4/c11-9-6(2-1-3-7(9)14(16)17)10(15)12-8-4-5-18-13-8/h1-5H,(H,12,13,15). The maximum absolute atomic E-state index is 11.8. The number of hydrogen-bond acceptors (Lipinski definition) is 5. The van der Waals surface area contributed by atoms with Gasteiger partial charge in [-0.2, -0.15) is 0 Å². The highest BCUT2D eigenvalue weighted by atomic mass is 35.5. The van der Waals surface area contributed by atoms with Crippen LogP contribution in [0.1, 0.15) is 10.4 Å². The Kier molecular flexibility index (Phi) is 3.24. The number of carbonyl (C=O) groups is 1. The van der Waals surface area contributed by atoms with Gasteiger partial charge in [0.1, 0.15) is 11.3 Å². The fourth-order valence-corrected chi connectivity index (χ4v) is 1.58. The van der Waals surface area contributed by atoms with Gasteiger partial charge in [0, 0.05) is 12.1 Å². The highest BCUT2D eigenvalue weighted by Crippen LogP contribution is 2.28. The van der Waals surface area contributed by atoms with Crippen molar-refractivity contribution in [3.05, 3.63) is 51.2 Å². The van der Waals surface area contributed by atoms with Gasteiger partial charge in [0.05, 0.1) is 10.5 Å². The Morgan fingerprint density at radius 1 is 1.44 bits per heavy atom. The maximum atomic E-state index is 11.8. The second-order valence-corrected chi connectivity index (χ2v) is 3.61. The molecule has 0 aliphatic carbocycles. The summed E-state index contributed by atoms with van der Waals surface area (Å²) >= 11 is 5.79. The van der Waals surface area contributed by atoms with Crippen molar-refractivity contribution in [2.75, 3.05) is 5.32 Å². The molecule has 1 aromatic heterocycles. The number of nitrogens with zero attached hydrogens (tertiary/aromatic N) is 2. The van der Waals surface area contributed by atoms with Crippen LogP contribution in [-0.4, -0.2) is 16.0 Å². The minimum absolute atomic E-state index is 0.00568. The number of nitro groups is 1. The molecular formula is C10H6ClN3O4. The molecule has 0 saturated heterocycles. The van der Waals surface area contributed by atoms with E-state index < -0.39 is 10.8 Å². The Morgan fingerprint density at radius 2 is 2.22 bits per heavy atom. The minimum atomic E-state index is -0.658. The van der Waals surface area contributed by atoms with Crippen LogP contribution in [-0.2, 0) is 0 Å². The van der Waals surface area contributed by atoms with Gasteiger partial charge in [-0.1, -0.05) is 22.8 Å². The lowest BCUT2D eigenvalue weighted by Gasteiger charge is -2.03. The van der Waals surface area contributed by atoms with E-state index in [4.69, 9.17) is 11.6 Å². The first-order valence-corrected chi connectivity index (χ1v) is 5.12. The summed E-state index contributed by atoms with van der Waals surface area (Å²) in [6.45, 7) is 0. The lowest BCUT2D eigenvalue weighted by Crippen LogP contribution is -2.13. The zero-order valence-electron chi connectivity index (χ0n) is 8.79. The molecule has 0 spiro atoms. The smallest absolute Gasteiger partial charge is 0.288 e. The van der Waals surface area contributed by atoms with Gasteiger partial charge in [-0.15, -0.1) is 0 Å². The molecule has 0 aliphatic heterocycles. The van der Waals surface area contributed by atoms with Crippen LogP contribution >= 0.6 is 11.6 Å². The molecule has 1 amide bonds. The first kappa shape index (κ1) is 12.1. The van der Waals surface area contributed by atoms with Crippen LogP contribution in [0.2, 0.25) is 5.02 Å². The fourth-order valence-electron chi connectivity index (χ4n) is 1.30. The first-order chi connectivity index (χ1) is 8.59. The third-order valence-electron chi connectivity index (χ3n) is 2.10. The molecular weight excluding hydrogens is 262 g/mol. The molecule has 2 aromatic rings. The van der Waals surface area contributed by atoms with Crippen molar-refractivity contribution >= 4 is 29.0 Å². The number of rotatable bonds is 3. The Labute approximate surface area is 105 Å². The molecule has 1 aromatic carbocycles. The van der Waals surface area contributed by atoms with Gasteiger partial charge in [0.25, 0.3) is 11.6 Å². The molecule has 0 bridgehead atoms. The highest BCUT2D eigenvalue weighted by molar-refractivity contribution is 6.36. The van der Waals surface area contributed by atoms with Crippen molar-refractivity contribution in [2.24, 2.45) is 0 Å². The molecule has 92 valence electrons. The molecule has 1 heterocycles. The van der Waals surface area contributed by atoms with Crippen molar-refractivity contribution in [1.29, 1.82) is 0 Å². The summed E-state index contributed by atoms with van der Waals surface area (Å²) < 4.78 is 4.54. The second-order valence-electron chi connectivity index (χ2n) is 3.23. The van der Waals surface area contributed by atoms with Crippen molar-refractivity contribution in [3.63, 3.8) is 0 Å². The van der Waals surface area contributed by atoms with Gasteiger partial charge in [-0.3, -0.25) is 14.9 Å². The first-order valence-electron chi connectivity index (χ1n) is 4.74. The highest BCUT2D eigenvalue weighted by Gasteiger charge is 2.20. The van der Waals surface area contributed by atoms with Crippen LogP contribution in [0.4, 0.5) is 11.5 Å². The third-order valence-corrected chi connectivity index (χ3v) is 2.50. The number of benzene rings is 1. The number of anilines is 1. The molecule has 0 saturated carbocycles. The summed E-state index contributed by atoms with van der Waals surface area (Å²) in [6.07, 6.45) is 1.28. The van der Waals surface area contributed by atoms with Crippen LogP contribution in [0.15, 0.2) is 35.1 Å². The molecule has 0 unspecified atom stereocenters. The van der Waals surface area contributed by atoms with Crippen LogP contribution in [0.3, 0.4) is 0 Å². The van der Waals surface area contributed by atoms with E-state index in [9.17, 15) is 14.9 Å². The predicted octanol–water partition coefficient (Wildman–Crippen LogP) is 2.49. The van der Waals surface area contributed by atoms with Crippen molar-refractivity contribution in [1.82, 2.24) is 5.16 Å². The SMILES string of the molecule is O=C(Nc1ccon1)c1cccc([N+](=O)[O-])c1Cl. The third kappa shape index (κ3) is 2.30. The molecule has 0 radical (unpaired) electrons. The van der Waals surface area contributed by atoms with E-state index in [1.165, 1.54) is 30.5 Å². The fraction of sp³-hybridized carbons (Fsp3) is 0. The van der Waals surface area contributed by atoms with Crippen LogP contribution in [0, 0.1) is 10.1 Å². The van der Waals surface area contributed by atoms with E-state index in [1.54, 1.807) is 0 Å². The van der Waals surface area contributed by atoms with E-state index in [2.05, 4.69) is 15.0 Å². The molecule has 2 rings (SSSR count). The molecule has 0 fully saturated rings. The van der Waals surface area contributed by atoms with Gasteiger partial charge in [0.15, 0.2) is 5.82 Å². The van der Waals surface area contributed by atoms with Crippen molar-refractivity contribution < 1.29 is 14.2 Å². The molecule has 1 N–H and O–H groups in total. The average molecular weight is 268 g/mol. The Bertz CT molecular complexity index is 597. The summed E-state index contributed by atoms with van der Waals surface area (Å²) in [6, 6.07) is 5.41. The van der Waals surface area contributed by atoms with Crippen molar-refractivity contribution in [2.45, 2.75) is 0 Å². The van der Waals surface area contributed by atoms with Crippen molar-refractivity contribution in [3.8, 4) is 0 Å². The monoisotopic (exact) mass is 267 g/mol. The predicted molar refractivity (Wildman–Crippen MR) is 62.6 cm³/mol. The summed E-state index contributed by atoms with van der Waals surface area (Å²) in [5.41, 5.74) is -0.335. The Morgan fingerprint density at radius 3 is 2.83 bits per heavy atom. The molecule has 0 atom stereocenters. The molecule has 18 heavy (non-hydrogen) atoms. The van der Waals surface area contributed by atoms with Gasteiger partial charge < -0.3 is 9.84 Å². The Balaban J connectivity index is 2.31. The molecule has 8 heteroatoms. The van der Waals surface area contributed by atoms with Crippen LogP contribution in [0.5, 0.6) is 0 Å². The van der Waals surface area contributed by atoms with Gasteiger partial charge in [0.2, 0.25) is 0 Å². The molecule has 7 nitrogen and oxygen atoms in total. The number of hydrogen-bond donors (Lipinski definition) is 1. The number of halogens is 1. The summed E-state index contributed by atoms with van der Waals surface area (Å²) in [5, 5.41) is 16.3. The number of nitro benzene ring substituents is 1. The largest absolute Gasteiger partial charge is 0.363 e. The zero-order chi connectivity index (χ0) is 13.1. The summed E-state index contributed by atoms with van der Waals surface area (Å²) in [7, 11) is 0. The number of carbonyl (C=O) groups excluding carboxylic acids is 1. The van der Waals surface area contributed by atoms with E-state index in [0.717, 1.165) is 0 Å². The van der Waals surface area contributed by atoms with Gasteiger partial charge >= 0.3 is 0 Å². The average Bonchev–Trinajstić information content (AvgIpc) is 2.81. The van der Waals surface area contributed by atoms with Gasteiger partial charge in [-0.05, 0) is 6.07 Å². The summed E-state index contributed by atoms with van der Waals surface area (Å²) in [4.78, 5) is 21.8. The van der Waals surface area contributed by atoms with E-state index in [1.807, 2.05) is 0 Å². The van der Waals surface area contributed by atoms with Crippen LogP contribution in [0.25, 0.3) is 0 Å². The van der Waals surface area contributed by atoms with E-state index >= 15 is 0 Å². The second kappa shape index (κ2) is 4.84. The number of amides is 1. The van der Waals surface area contributed by atoms with E-state index in [0.29, 0.717) is 0 Å². The lowest BCUT2D eigenvalue weighted by atomic mass is 10.2. The summed E-state index contributed by atoms with van der Waals surface area (Å²) in [5.74, 6) is -0.403. The normalized spacial score (nSPS) is 10.1. The Hall–Kier alpha value is -2.41. The quantitative estimate of drug-likeness (QED) is 0.680. The van der Waals surface area contributed by atoms with Gasteiger partial charge in [-0.25, -0.2) is 0 Å². The number of aromatic nitrogens is 1. The van der Waals surface area contributed by atoms with Crippen LogP contribution < -0.4 is 5.32 Å². The minimum Gasteiger partial charge on any atom is -0.363 e. The molecule has 0 aliphatic rings. The zero-order valence-corrected chi connectivity index (χ0v) is 9.55. The number of nitrogens with one attached hydrogen (secondary N) is 1. The lowest BCUT2D eigenvalue weighted by molar-refractivity contribution is -0.384. The van der Waals surface area contributed by atoms with E-state index in [-0.39, 0.29) is 22.1 Å². The maximum Gasteiger partial charge on any atom is 0.288 e.